The summed E-state index contributed by atoms with van der Waals surface area (Å²) in [6.07, 6.45) is 7.60. The fraction of sp³-hybridized carbons (Fsp3) is 0.462. The van der Waals surface area contributed by atoms with Crippen molar-refractivity contribution < 1.29 is 9.59 Å². The van der Waals surface area contributed by atoms with Crippen LogP contribution in [-0.4, -0.2) is 35.8 Å². The third-order valence-corrected chi connectivity index (χ3v) is 6.63. The molecule has 1 heterocycles. The van der Waals surface area contributed by atoms with Crippen LogP contribution in [0, 0.1) is 0 Å². The Morgan fingerprint density at radius 2 is 1.73 bits per heavy atom. The Labute approximate surface area is 179 Å². The van der Waals surface area contributed by atoms with E-state index in [0.29, 0.717) is 12.6 Å². The number of piperidine rings is 1. The Morgan fingerprint density at radius 3 is 2.47 bits per heavy atom. The topological polar surface area (TPSA) is 49.4 Å². The molecule has 0 aromatic heterocycles. The second kappa shape index (κ2) is 9.46. The van der Waals surface area contributed by atoms with E-state index in [1.54, 1.807) is 0 Å². The van der Waals surface area contributed by atoms with Gasteiger partial charge in [-0.25, -0.2) is 0 Å². The Bertz CT molecular complexity index is 884. The van der Waals surface area contributed by atoms with Crippen LogP contribution in [0.15, 0.2) is 48.5 Å². The van der Waals surface area contributed by atoms with E-state index >= 15 is 0 Å². The first kappa shape index (κ1) is 20.6. The number of nitrogens with one attached hydrogen (secondary N) is 1. The summed E-state index contributed by atoms with van der Waals surface area (Å²) in [5, 5.41) is 3.18. The van der Waals surface area contributed by atoms with Crippen molar-refractivity contribution in [2.75, 3.05) is 13.1 Å². The summed E-state index contributed by atoms with van der Waals surface area (Å²) < 4.78 is 0. The Hall–Kier alpha value is -2.62. The second-order valence-corrected chi connectivity index (χ2v) is 8.72. The number of rotatable bonds is 5. The van der Waals surface area contributed by atoms with E-state index in [4.69, 9.17) is 0 Å². The molecule has 4 nitrogen and oxygen atoms in total. The van der Waals surface area contributed by atoms with Gasteiger partial charge in [0.25, 0.3) is 11.8 Å². The summed E-state index contributed by atoms with van der Waals surface area (Å²) in [5.74, 6) is 0.415. The lowest BCUT2D eigenvalue weighted by molar-refractivity contribution is 0.0706. The summed E-state index contributed by atoms with van der Waals surface area (Å²) in [4.78, 5) is 27.6. The zero-order valence-corrected chi connectivity index (χ0v) is 17.9. The molecule has 0 spiro atoms. The van der Waals surface area contributed by atoms with Gasteiger partial charge in [-0.3, -0.25) is 9.59 Å². The fourth-order valence-electron chi connectivity index (χ4n) is 4.77. The molecule has 1 N–H and O–H groups in total. The average Bonchev–Trinajstić information content (AvgIpc) is 3.32. The van der Waals surface area contributed by atoms with Gasteiger partial charge >= 0.3 is 0 Å². The molecule has 1 aliphatic heterocycles. The first-order valence-electron chi connectivity index (χ1n) is 11.4. The number of benzene rings is 2. The van der Waals surface area contributed by atoms with E-state index in [1.807, 2.05) is 47.4 Å². The normalized spacial score (nSPS) is 19.6. The molecule has 2 fully saturated rings. The molecule has 4 rings (SSSR count). The number of hydrogen-bond donors (Lipinski definition) is 1. The molecule has 158 valence electrons. The smallest absolute Gasteiger partial charge is 0.253 e. The van der Waals surface area contributed by atoms with Crippen molar-refractivity contribution in [2.45, 2.75) is 63.8 Å². The Balaban J connectivity index is 1.43. The van der Waals surface area contributed by atoms with Crippen molar-refractivity contribution in [3.8, 4) is 0 Å². The predicted molar refractivity (Wildman–Crippen MR) is 120 cm³/mol. The minimum absolute atomic E-state index is 0.0310. The van der Waals surface area contributed by atoms with Crippen LogP contribution < -0.4 is 5.32 Å². The van der Waals surface area contributed by atoms with Crippen molar-refractivity contribution in [3.05, 3.63) is 70.8 Å². The number of carbonyl (C=O) groups excluding carboxylic acids is 2. The maximum atomic E-state index is 13.0. The van der Waals surface area contributed by atoms with Gasteiger partial charge < -0.3 is 10.2 Å². The molecule has 2 aromatic carbocycles. The lowest BCUT2D eigenvalue weighted by Crippen LogP contribution is -2.39. The lowest BCUT2D eigenvalue weighted by Gasteiger charge is -2.33. The first-order chi connectivity index (χ1) is 14.6. The van der Waals surface area contributed by atoms with Gasteiger partial charge in [0.05, 0.1) is 0 Å². The third-order valence-electron chi connectivity index (χ3n) is 6.63. The van der Waals surface area contributed by atoms with Crippen LogP contribution in [0.25, 0.3) is 0 Å². The largest absolute Gasteiger partial charge is 0.349 e. The highest BCUT2D eigenvalue weighted by atomic mass is 16.2. The summed E-state index contributed by atoms with van der Waals surface area (Å²) in [6, 6.07) is 16.3. The quantitative estimate of drug-likeness (QED) is 0.767. The molecule has 1 saturated carbocycles. The molecule has 0 bridgehead atoms. The second-order valence-electron chi connectivity index (χ2n) is 8.72. The number of hydrogen-bond acceptors (Lipinski definition) is 2. The number of likely N-dealkylation sites (tertiary alicyclic amines) is 1. The zero-order valence-electron chi connectivity index (χ0n) is 17.9. The van der Waals surface area contributed by atoms with Crippen molar-refractivity contribution in [1.29, 1.82) is 0 Å². The molecule has 1 atom stereocenters. The molecule has 2 aromatic rings. The van der Waals surface area contributed by atoms with Gasteiger partial charge in [0, 0.05) is 36.2 Å². The van der Waals surface area contributed by atoms with Gasteiger partial charge in [0.1, 0.15) is 0 Å². The summed E-state index contributed by atoms with van der Waals surface area (Å²) in [5.41, 5.74) is 3.90. The van der Waals surface area contributed by atoms with Gasteiger partial charge in [0.15, 0.2) is 0 Å². The number of amides is 2. The van der Waals surface area contributed by atoms with Gasteiger partial charge in [-0.2, -0.15) is 0 Å². The van der Waals surface area contributed by atoms with Gasteiger partial charge in [-0.1, -0.05) is 44.0 Å². The van der Waals surface area contributed by atoms with E-state index in [-0.39, 0.29) is 17.7 Å². The first-order valence-corrected chi connectivity index (χ1v) is 11.4. The molecule has 2 aliphatic rings. The van der Waals surface area contributed by atoms with Crippen LogP contribution >= 0.6 is 0 Å². The highest BCUT2D eigenvalue weighted by Gasteiger charge is 2.26. The summed E-state index contributed by atoms with van der Waals surface area (Å²) in [6.45, 7) is 3.63. The standard InChI is InChI=1S/C26H32N2O2/c1-2-19-12-14-20(15-13-19)26(30)28-16-6-9-23(18-28)21-7-5-8-22(17-21)25(29)27-24-10-3-4-11-24/h5,7-8,12-15,17,23-24H,2-4,6,9-11,16,18H2,1H3,(H,27,29)/t23-/m1/s1. The van der Waals surface area contributed by atoms with Crippen molar-refractivity contribution in [3.63, 3.8) is 0 Å². The highest BCUT2D eigenvalue weighted by molar-refractivity contribution is 5.95. The molecule has 30 heavy (non-hydrogen) atoms. The zero-order chi connectivity index (χ0) is 20.9. The minimum atomic E-state index is 0.0310. The van der Waals surface area contributed by atoms with E-state index < -0.39 is 0 Å². The number of nitrogens with zero attached hydrogens (tertiary/aromatic N) is 1. The highest BCUT2D eigenvalue weighted by Crippen LogP contribution is 2.28. The van der Waals surface area contributed by atoms with E-state index in [1.165, 1.54) is 18.4 Å². The van der Waals surface area contributed by atoms with E-state index in [0.717, 1.165) is 55.3 Å². The number of aryl methyl sites for hydroxylation is 1. The predicted octanol–water partition coefficient (Wildman–Crippen LogP) is 4.94. The van der Waals surface area contributed by atoms with Gasteiger partial charge in [-0.05, 0) is 67.5 Å². The van der Waals surface area contributed by atoms with Gasteiger partial charge in [-0.15, -0.1) is 0 Å². The van der Waals surface area contributed by atoms with Crippen molar-refractivity contribution in [1.82, 2.24) is 10.2 Å². The van der Waals surface area contributed by atoms with Crippen LogP contribution in [0.4, 0.5) is 0 Å². The van der Waals surface area contributed by atoms with Crippen LogP contribution in [-0.2, 0) is 6.42 Å². The molecule has 1 aliphatic carbocycles. The fourth-order valence-corrected chi connectivity index (χ4v) is 4.77. The summed E-state index contributed by atoms with van der Waals surface area (Å²) in [7, 11) is 0. The van der Waals surface area contributed by atoms with Crippen LogP contribution in [0.1, 0.15) is 83.2 Å². The number of carbonyl (C=O) groups is 2. The van der Waals surface area contributed by atoms with E-state index in [2.05, 4.69) is 18.3 Å². The maximum Gasteiger partial charge on any atom is 0.253 e. The third kappa shape index (κ3) is 4.75. The molecule has 4 heteroatoms. The van der Waals surface area contributed by atoms with E-state index in [9.17, 15) is 9.59 Å². The van der Waals surface area contributed by atoms with Crippen LogP contribution in [0.5, 0.6) is 0 Å². The average molecular weight is 405 g/mol. The molecular formula is C26H32N2O2. The molecule has 0 radical (unpaired) electrons. The molecule has 1 saturated heterocycles. The molecule has 0 unspecified atom stereocenters. The Kier molecular flexibility index (Phi) is 6.51. The molecule has 2 amide bonds. The van der Waals surface area contributed by atoms with Crippen molar-refractivity contribution in [2.24, 2.45) is 0 Å². The van der Waals surface area contributed by atoms with Crippen molar-refractivity contribution >= 4 is 11.8 Å². The monoisotopic (exact) mass is 404 g/mol. The Morgan fingerprint density at radius 1 is 0.967 bits per heavy atom. The van der Waals surface area contributed by atoms with Crippen LogP contribution in [0.3, 0.4) is 0 Å². The SMILES string of the molecule is CCc1ccc(C(=O)N2CCC[C@@H](c3cccc(C(=O)NC4CCCC4)c3)C2)cc1. The molecular weight excluding hydrogens is 372 g/mol. The lowest BCUT2D eigenvalue weighted by atomic mass is 9.89. The van der Waals surface area contributed by atoms with Gasteiger partial charge in [0.2, 0.25) is 0 Å². The minimum Gasteiger partial charge on any atom is -0.349 e. The maximum absolute atomic E-state index is 13.0. The summed E-state index contributed by atoms with van der Waals surface area (Å²) >= 11 is 0. The van der Waals surface area contributed by atoms with Crippen LogP contribution in [0.2, 0.25) is 0 Å².